The van der Waals surface area contributed by atoms with Crippen LogP contribution in [0.1, 0.15) is 36.5 Å². The predicted octanol–water partition coefficient (Wildman–Crippen LogP) is 3.10. The second kappa shape index (κ2) is 8.59. The van der Waals surface area contributed by atoms with Crippen molar-refractivity contribution < 1.29 is 22.3 Å². The molecule has 1 aliphatic carbocycles. The lowest BCUT2D eigenvalue weighted by atomic mass is 10.1. The molecule has 2 aromatic rings. The van der Waals surface area contributed by atoms with E-state index in [0.29, 0.717) is 31.0 Å². The number of halogens is 1. The van der Waals surface area contributed by atoms with Crippen LogP contribution in [0.3, 0.4) is 0 Å². The monoisotopic (exact) mass is 446 g/mol. The average Bonchev–Trinajstić information content (AvgIpc) is 3.55. The van der Waals surface area contributed by atoms with E-state index in [-0.39, 0.29) is 24.4 Å². The van der Waals surface area contributed by atoms with Gasteiger partial charge < -0.3 is 9.64 Å². The van der Waals surface area contributed by atoms with Crippen molar-refractivity contribution in [3.05, 3.63) is 65.0 Å². The van der Waals surface area contributed by atoms with Gasteiger partial charge in [-0.15, -0.1) is 0 Å². The van der Waals surface area contributed by atoms with Crippen LogP contribution < -0.4 is 4.74 Å². The van der Waals surface area contributed by atoms with E-state index < -0.39 is 15.8 Å². The molecule has 0 saturated heterocycles. The van der Waals surface area contributed by atoms with Gasteiger partial charge in [0.2, 0.25) is 15.9 Å². The molecule has 1 saturated carbocycles. The number of carbonyl (C=O) groups is 1. The Morgan fingerprint density at radius 3 is 2.65 bits per heavy atom. The van der Waals surface area contributed by atoms with E-state index >= 15 is 0 Å². The Morgan fingerprint density at radius 2 is 1.97 bits per heavy atom. The number of hydrogen-bond acceptors (Lipinski definition) is 4. The summed E-state index contributed by atoms with van der Waals surface area (Å²) in [4.78, 5) is 14.7. The zero-order valence-corrected chi connectivity index (χ0v) is 18.6. The number of carbonyl (C=O) groups excluding carboxylic acids is 1. The van der Waals surface area contributed by atoms with Crippen LogP contribution in [0.15, 0.2) is 42.5 Å². The molecule has 6 nitrogen and oxygen atoms in total. The van der Waals surface area contributed by atoms with Crippen LogP contribution in [0.5, 0.6) is 5.75 Å². The highest BCUT2D eigenvalue weighted by Gasteiger charge is 2.35. The standard InChI is InChI=1S/C23H27FN2O4S/c1-16-15-30-22-10-7-17(13-26(20-8-9-20)31(2,28)29)11-19(22)14-25(16)23(27)12-18-5-3-4-6-21(18)24/h3-7,10-11,16,20H,8-9,12-15H2,1-2H3. The van der Waals surface area contributed by atoms with Crippen LogP contribution in [0, 0.1) is 5.82 Å². The van der Waals surface area contributed by atoms with Gasteiger partial charge in [0.05, 0.1) is 18.7 Å². The lowest BCUT2D eigenvalue weighted by Crippen LogP contribution is -2.40. The lowest BCUT2D eigenvalue weighted by molar-refractivity contribution is -0.133. The Morgan fingerprint density at radius 1 is 1.23 bits per heavy atom. The van der Waals surface area contributed by atoms with E-state index in [4.69, 9.17) is 4.74 Å². The first-order chi connectivity index (χ1) is 14.7. The third-order valence-electron chi connectivity index (χ3n) is 5.82. The fourth-order valence-corrected chi connectivity index (χ4v) is 5.07. The summed E-state index contributed by atoms with van der Waals surface area (Å²) in [5, 5.41) is 0. The normalized spacial score (nSPS) is 19.0. The van der Waals surface area contributed by atoms with Crippen LogP contribution in [0.2, 0.25) is 0 Å². The maximum absolute atomic E-state index is 14.0. The Kier molecular flexibility index (Phi) is 6.03. The van der Waals surface area contributed by atoms with Gasteiger partial charge in [0.1, 0.15) is 18.2 Å². The smallest absolute Gasteiger partial charge is 0.227 e. The van der Waals surface area contributed by atoms with Gasteiger partial charge >= 0.3 is 0 Å². The summed E-state index contributed by atoms with van der Waals surface area (Å²) in [6, 6.07) is 11.8. The third-order valence-corrected chi connectivity index (χ3v) is 7.10. The van der Waals surface area contributed by atoms with Crippen molar-refractivity contribution in [1.29, 1.82) is 0 Å². The molecule has 2 aromatic carbocycles. The maximum atomic E-state index is 14.0. The van der Waals surface area contributed by atoms with Crippen molar-refractivity contribution in [2.75, 3.05) is 12.9 Å². The van der Waals surface area contributed by atoms with E-state index in [2.05, 4.69) is 0 Å². The van der Waals surface area contributed by atoms with E-state index in [1.165, 1.54) is 16.6 Å². The van der Waals surface area contributed by atoms with Gasteiger partial charge in [-0.2, -0.15) is 4.31 Å². The largest absolute Gasteiger partial charge is 0.491 e. The van der Waals surface area contributed by atoms with Gasteiger partial charge in [-0.3, -0.25) is 4.79 Å². The predicted molar refractivity (Wildman–Crippen MR) is 115 cm³/mol. The van der Waals surface area contributed by atoms with Gasteiger partial charge in [0.15, 0.2) is 0 Å². The first-order valence-corrected chi connectivity index (χ1v) is 12.3. The quantitative estimate of drug-likeness (QED) is 0.684. The summed E-state index contributed by atoms with van der Waals surface area (Å²) in [5.41, 5.74) is 2.05. The Balaban J connectivity index is 1.55. The Bertz CT molecular complexity index is 1080. The fraction of sp³-hybridized carbons (Fsp3) is 0.435. The molecule has 1 amide bonds. The molecule has 0 aromatic heterocycles. The molecule has 2 aliphatic rings. The number of rotatable bonds is 6. The average molecular weight is 447 g/mol. The molecule has 0 spiro atoms. The number of hydrogen-bond donors (Lipinski definition) is 0. The second-order valence-electron chi connectivity index (χ2n) is 8.43. The number of fused-ring (bicyclic) bond motifs is 1. The van der Waals surface area contributed by atoms with Gasteiger partial charge in [-0.25, -0.2) is 12.8 Å². The third kappa shape index (κ3) is 5.07. The molecule has 31 heavy (non-hydrogen) atoms. The van der Waals surface area contributed by atoms with Gasteiger partial charge in [-0.05, 0) is 49.1 Å². The molecule has 1 aliphatic heterocycles. The summed E-state index contributed by atoms with van der Waals surface area (Å²) in [5.74, 6) is 0.127. The van der Waals surface area contributed by atoms with Crippen molar-refractivity contribution in [3.63, 3.8) is 0 Å². The molecule has 1 atom stereocenters. The highest BCUT2D eigenvalue weighted by atomic mass is 32.2. The highest BCUT2D eigenvalue weighted by Crippen LogP contribution is 2.32. The maximum Gasteiger partial charge on any atom is 0.227 e. The lowest BCUT2D eigenvalue weighted by Gasteiger charge is -2.26. The first-order valence-electron chi connectivity index (χ1n) is 10.5. The Labute approximate surface area is 182 Å². The minimum atomic E-state index is -3.30. The second-order valence-corrected chi connectivity index (χ2v) is 10.4. The van der Waals surface area contributed by atoms with Gasteiger partial charge in [0, 0.05) is 24.7 Å². The van der Waals surface area contributed by atoms with E-state index in [0.717, 1.165) is 24.0 Å². The number of sulfonamides is 1. The van der Waals surface area contributed by atoms with Gasteiger partial charge in [-0.1, -0.05) is 24.3 Å². The number of amides is 1. The summed E-state index contributed by atoms with van der Waals surface area (Å²) in [7, 11) is -3.30. The van der Waals surface area contributed by atoms with Crippen molar-refractivity contribution in [2.45, 2.75) is 51.4 Å². The zero-order valence-electron chi connectivity index (χ0n) is 17.8. The van der Waals surface area contributed by atoms with Crippen molar-refractivity contribution in [3.8, 4) is 5.75 Å². The highest BCUT2D eigenvalue weighted by molar-refractivity contribution is 7.88. The van der Waals surface area contributed by atoms with Crippen LogP contribution in [-0.4, -0.2) is 48.5 Å². The summed E-state index contributed by atoms with van der Waals surface area (Å²) in [6.07, 6.45) is 2.99. The van der Waals surface area contributed by atoms with Crippen molar-refractivity contribution in [1.82, 2.24) is 9.21 Å². The SMILES string of the molecule is CC1COc2ccc(CN(C3CC3)S(C)(=O)=O)cc2CN1C(=O)Cc1ccccc1F. The minimum Gasteiger partial charge on any atom is -0.491 e. The fourth-order valence-electron chi connectivity index (χ4n) is 3.94. The molecule has 0 radical (unpaired) electrons. The summed E-state index contributed by atoms with van der Waals surface area (Å²) in [6.45, 7) is 2.88. The molecule has 1 heterocycles. The topological polar surface area (TPSA) is 66.9 Å². The van der Waals surface area contributed by atoms with Crippen molar-refractivity contribution >= 4 is 15.9 Å². The van der Waals surface area contributed by atoms with E-state index in [9.17, 15) is 17.6 Å². The molecule has 0 N–H and O–H groups in total. The van der Waals surface area contributed by atoms with Crippen molar-refractivity contribution in [2.24, 2.45) is 0 Å². The summed E-state index contributed by atoms with van der Waals surface area (Å²) >= 11 is 0. The van der Waals surface area contributed by atoms with Crippen LogP contribution >= 0.6 is 0 Å². The van der Waals surface area contributed by atoms with Crippen LogP contribution in [-0.2, 0) is 34.3 Å². The molecule has 4 rings (SSSR count). The minimum absolute atomic E-state index is 0.0183. The number of ether oxygens (including phenoxy) is 1. The number of benzene rings is 2. The first kappa shape index (κ1) is 21.8. The Hall–Kier alpha value is -2.45. The molecular formula is C23H27FN2O4S. The molecule has 8 heteroatoms. The molecule has 166 valence electrons. The zero-order chi connectivity index (χ0) is 22.2. The van der Waals surface area contributed by atoms with Crippen LogP contribution in [0.4, 0.5) is 4.39 Å². The molecule has 1 fully saturated rings. The van der Waals surface area contributed by atoms with E-state index in [1.54, 1.807) is 23.1 Å². The molecular weight excluding hydrogens is 419 g/mol. The number of nitrogens with zero attached hydrogens (tertiary/aromatic N) is 2. The molecule has 0 bridgehead atoms. The van der Waals surface area contributed by atoms with E-state index in [1.807, 2.05) is 25.1 Å². The van der Waals surface area contributed by atoms with Crippen LogP contribution in [0.25, 0.3) is 0 Å². The summed E-state index contributed by atoms with van der Waals surface area (Å²) < 4.78 is 45.8. The van der Waals surface area contributed by atoms with Gasteiger partial charge in [0.25, 0.3) is 0 Å². The molecule has 1 unspecified atom stereocenters.